The molecule has 4 N–H and O–H groups in total. The third kappa shape index (κ3) is 1.94. The Morgan fingerprint density at radius 1 is 1.58 bits per heavy atom. The minimum absolute atomic E-state index is 0.195. The van der Waals surface area contributed by atoms with Crippen molar-refractivity contribution in [1.29, 1.82) is 0 Å². The van der Waals surface area contributed by atoms with E-state index in [2.05, 4.69) is 0 Å². The first-order valence-corrected chi connectivity index (χ1v) is 6.72. The van der Waals surface area contributed by atoms with Gasteiger partial charge in [-0.2, -0.15) is 0 Å². The Hall–Kier alpha value is -1.45. The number of thioether (sulfide) groups is 1. The van der Waals surface area contributed by atoms with Gasteiger partial charge in [0.2, 0.25) is 0 Å². The number of nitrogens with zero attached hydrogens (tertiary/aromatic N) is 1. The van der Waals surface area contributed by atoms with Crippen molar-refractivity contribution in [2.75, 3.05) is 5.75 Å². The highest BCUT2D eigenvalue weighted by molar-refractivity contribution is 8.00. The van der Waals surface area contributed by atoms with Crippen LogP contribution in [0.25, 0.3) is 0 Å². The second kappa shape index (κ2) is 4.58. The molecule has 0 spiro atoms. The molecule has 0 aromatic carbocycles. The van der Waals surface area contributed by atoms with E-state index in [0.29, 0.717) is 0 Å². The Bertz CT molecular complexity index is 532. The van der Waals surface area contributed by atoms with Crippen molar-refractivity contribution >= 4 is 47.2 Å². The van der Waals surface area contributed by atoms with E-state index < -0.39 is 35.2 Å². The van der Waals surface area contributed by atoms with E-state index in [0.717, 1.165) is 10.3 Å². The van der Waals surface area contributed by atoms with Gasteiger partial charge in [-0.15, -0.1) is 11.8 Å². The van der Waals surface area contributed by atoms with Crippen LogP contribution in [0, 0.1) is 0 Å². The standard InChI is InChI=1S/C10H10N2O5S2/c11-10(3-18)8(17)12-6(7(15)16)4(1-5(13)14)2-19-9(10)12/h3,9H,1-2,11H2,(H,13,14)(H,15,16)/t9-,10+/m0/s1. The quantitative estimate of drug-likeness (QED) is 0.465. The van der Waals surface area contributed by atoms with Crippen molar-refractivity contribution in [3.63, 3.8) is 0 Å². The SMILES string of the molecule is N[C@]1(C=S)C(=O)N2C(C(=O)O)=C(CC(=O)O)CS[C@H]21. The molecule has 2 aliphatic rings. The topological polar surface area (TPSA) is 121 Å². The highest BCUT2D eigenvalue weighted by Gasteiger charge is 2.61. The van der Waals surface area contributed by atoms with Crippen LogP contribution in [0.15, 0.2) is 11.3 Å². The van der Waals surface area contributed by atoms with Crippen molar-refractivity contribution in [3.8, 4) is 0 Å². The van der Waals surface area contributed by atoms with E-state index in [4.69, 9.17) is 23.1 Å². The van der Waals surface area contributed by atoms with Crippen molar-refractivity contribution < 1.29 is 24.6 Å². The fraction of sp³-hybridized carbons (Fsp3) is 0.400. The molecule has 0 aromatic heterocycles. The first-order chi connectivity index (χ1) is 8.82. The molecular formula is C10H10N2O5S2. The van der Waals surface area contributed by atoms with E-state index in [9.17, 15) is 19.5 Å². The third-order valence-corrected chi connectivity index (χ3v) is 4.81. The second-order valence-electron chi connectivity index (χ2n) is 4.22. The van der Waals surface area contributed by atoms with Crippen molar-refractivity contribution in [2.45, 2.75) is 17.3 Å². The smallest absolute Gasteiger partial charge is 0.352 e. The molecule has 19 heavy (non-hydrogen) atoms. The van der Waals surface area contributed by atoms with Crippen LogP contribution in [-0.2, 0) is 14.4 Å². The maximum atomic E-state index is 11.9. The Labute approximate surface area is 117 Å². The number of thiocarbonyl (C=S) groups is 1. The molecule has 2 atom stereocenters. The molecule has 2 heterocycles. The van der Waals surface area contributed by atoms with Gasteiger partial charge in [-0.3, -0.25) is 14.5 Å². The fourth-order valence-corrected chi connectivity index (χ4v) is 3.81. The molecular weight excluding hydrogens is 292 g/mol. The van der Waals surface area contributed by atoms with Gasteiger partial charge in [0.1, 0.15) is 11.1 Å². The second-order valence-corrected chi connectivity index (χ2v) is 5.52. The number of carboxylic acid groups (broad SMARTS) is 2. The predicted molar refractivity (Wildman–Crippen MR) is 70.6 cm³/mol. The maximum absolute atomic E-state index is 11.9. The lowest BCUT2D eigenvalue weighted by Gasteiger charge is -2.53. The number of carboxylic acids is 2. The molecule has 0 aromatic rings. The summed E-state index contributed by atoms with van der Waals surface area (Å²) in [5, 5.41) is 18.5. The molecule has 0 unspecified atom stereocenters. The van der Waals surface area contributed by atoms with E-state index in [1.54, 1.807) is 0 Å². The van der Waals surface area contributed by atoms with Crippen LogP contribution >= 0.6 is 24.0 Å². The zero-order valence-corrected chi connectivity index (χ0v) is 11.2. The number of rotatable bonds is 4. The zero-order chi connectivity index (χ0) is 14.4. The van der Waals surface area contributed by atoms with Crippen LogP contribution in [-0.4, -0.2) is 55.0 Å². The van der Waals surface area contributed by atoms with Gasteiger partial charge in [-0.1, -0.05) is 12.2 Å². The monoisotopic (exact) mass is 302 g/mol. The summed E-state index contributed by atoms with van der Waals surface area (Å²) < 4.78 is 0. The number of carbonyl (C=O) groups is 3. The molecule has 0 aliphatic carbocycles. The summed E-state index contributed by atoms with van der Waals surface area (Å²) in [6.07, 6.45) is -0.416. The predicted octanol–water partition coefficient (Wildman–Crippen LogP) is -0.588. The van der Waals surface area contributed by atoms with Crippen molar-refractivity contribution in [3.05, 3.63) is 11.3 Å². The Morgan fingerprint density at radius 2 is 2.21 bits per heavy atom. The molecule has 0 radical (unpaired) electrons. The Morgan fingerprint density at radius 3 is 2.68 bits per heavy atom. The molecule has 0 saturated carbocycles. The summed E-state index contributed by atoms with van der Waals surface area (Å²) in [5.74, 6) is -2.89. The number of carbonyl (C=O) groups excluding carboxylic acids is 1. The van der Waals surface area contributed by atoms with Gasteiger partial charge in [-0.25, -0.2) is 4.79 Å². The molecule has 7 nitrogen and oxygen atoms in total. The van der Waals surface area contributed by atoms with E-state index in [-0.39, 0.29) is 17.0 Å². The number of aliphatic carboxylic acids is 2. The fourth-order valence-electron chi connectivity index (χ4n) is 2.10. The summed E-state index contributed by atoms with van der Waals surface area (Å²) in [5.41, 5.74) is 4.37. The molecule has 2 aliphatic heterocycles. The van der Waals surface area contributed by atoms with Crippen molar-refractivity contribution in [2.24, 2.45) is 5.73 Å². The van der Waals surface area contributed by atoms with Gasteiger partial charge in [0, 0.05) is 11.1 Å². The van der Waals surface area contributed by atoms with Crippen LogP contribution < -0.4 is 5.73 Å². The van der Waals surface area contributed by atoms with Crippen LogP contribution in [0.5, 0.6) is 0 Å². The molecule has 9 heteroatoms. The first-order valence-electron chi connectivity index (χ1n) is 5.20. The molecule has 2 rings (SSSR count). The van der Waals surface area contributed by atoms with Crippen LogP contribution in [0.1, 0.15) is 6.42 Å². The lowest BCUT2D eigenvalue weighted by atomic mass is 9.89. The van der Waals surface area contributed by atoms with E-state index in [1.807, 2.05) is 0 Å². The van der Waals surface area contributed by atoms with Crippen molar-refractivity contribution in [1.82, 2.24) is 4.90 Å². The third-order valence-electron chi connectivity index (χ3n) is 2.99. The summed E-state index contributed by atoms with van der Waals surface area (Å²) in [6.45, 7) is 0. The number of fused-ring (bicyclic) bond motifs is 1. The highest BCUT2D eigenvalue weighted by Crippen LogP contribution is 2.44. The first kappa shape index (κ1) is 14.0. The van der Waals surface area contributed by atoms with E-state index in [1.165, 1.54) is 11.8 Å². The summed E-state index contributed by atoms with van der Waals surface area (Å²) in [4.78, 5) is 34.9. The molecule has 0 bridgehead atoms. The maximum Gasteiger partial charge on any atom is 0.352 e. The van der Waals surface area contributed by atoms with Gasteiger partial charge in [0.05, 0.1) is 6.42 Å². The van der Waals surface area contributed by atoms with Crippen LogP contribution in [0.3, 0.4) is 0 Å². The lowest BCUT2D eigenvalue weighted by molar-refractivity contribution is -0.150. The van der Waals surface area contributed by atoms with Gasteiger partial charge in [-0.05, 0) is 5.57 Å². The average molecular weight is 302 g/mol. The van der Waals surface area contributed by atoms with Crippen LogP contribution in [0.2, 0.25) is 0 Å². The molecule has 1 amide bonds. The minimum Gasteiger partial charge on any atom is -0.481 e. The van der Waals surface area contributed by atoms with Crippen LogP contribution in [0.4, 0.5) is 0 Å². The van der Waals surface area contributed by atoms with Gasteiger partial charge in [0.15, 0.2) is 5.54 Å². The normalized spacial score (nSPS) is 29.6. The molecule has 102 valence electrons. The van der Waals surface area contributed by atoms with Gasteiger partial charge in [0.25, 0.3) is 5.91 Å². The number of nitrogens with two attached hydrogens (primary N) is 1. The largest absolute Gasteiger partial charge is 0.481 e. The molecule has 1 fully saturated rings. The molecule has 1 saturated heterocycles. The number of amides is 1. The Balaban J connectivity index is 2.42. The van der Waals surface area contributed by atoms with Gasteiger partial charge < -0.3 is 15.9 Å². The highest BCUT2D eigenvalue weighted by atomic mass is 32.2. The average Bonchev–Trinajstić information content (AvgIpc) is 2.35. The minimum atomic E-state index is -1.35. The number of hydrogen-bond donors (Lipinski definition) is 3. The summed E-state index contributed by atoms with van der Waals surface area (Å²) in [7, 11) is 0. The summed E-state index contributed by atoms with van der Waals surface area (Å²) in [6, 6.07) is 0. The van der Waals surface area contributed by atoms with Gasteiger partial charge >= 0.3 is 11.9 Å². The van der Waals surface area contributed by atoms with E-state index >= 15 is 0 Å². The Kier molecular flexibility index (Phi) is 3.37. The lowest BCUT2D eigenvalue weighted by Crippen LogP contribution is -2.78. The number of hydrogen-bond acceptors (Lipinski definition) is 6. The summed E-state index contributed by atoms with van der Waals surface area (Å²) >= 11 is 5.94. The number of β-lactam (4-membered cyclic amide) rings is 1. The zero-order valence-electron chi connectivity index (χ0n) is 9.53.